The van der Waals surface area contributed by atoms with Crippen molar-refractivity contribution in [2.75, 3.05) is 32.5 Å². The highest BCUT2D eigenvalue weighted by Crippen LogP contribution is 2.32. The van der Waals surface area contributed by atoms with Gasteiger partial charge in [-0.3, -0.25) is 0 Å². The predicted octanol–water partition coefficient (Wildman–Crippen LogP) is 5.01. The Morgan fingerprint density at radius 1 is 1.00 bits per heavy atom. The third-order valence-corrected chi connectivity index (χ3v) is 4.57. The van der Waals surface area contributed by atoms with Gasteiger partial charge in [0.15, 0.2) is 5.58 Å². The SMILES string of the molecule is CN(C)CCCNc1ccc2occ(-c3ccc4ccccc4c3)c2n1. The van der Waals surface area contributed by atoms with E-state index in [2.05, 4.69) is 66.8 Å². The number of aromatic nitrogens is 1. The highest BCUT2D eigenvalue weighted by atomic mass is 16.3. The molecule has 26 heavy (non-hydrogen) atoms. The Balaban J connectivity index is 1.63. The Labute approximate surface area is 153 Å². The molecule has 0 fully saturated rings. The molecule has 0 amide bonds. The number of hydrogen-bond acceptors (Lipinski definition) is 4. The topological polar surface area (TPSA) is 41.3 Å². The first kappa shape index (κ1) is 16.6. The summed E-state index contributed by atoms with van der Waals surface area (Å²) < 4.78 is 5.73. The van der Waals surface area contributed by atoms with Gasteiger partial charge in [-0.1, -0.05) is 36.4 Å². The molecule has 4 heteroatoms. The zero-order valence-electron chi connectivity index (χ0n) is 15.2. The minimum atomic E-state index is 0.812. The van der Waals surface area contributed by atoms with Crippen LogP contribution >= 0.6 is 0 Å². The summed E-state index contributed by atoms with van der Waals surface area (Å²) in [5.41, 5.74) is 3.87. The molecule has 0 atom stereocenters. The Morgan fingerprint density at radius 3 is 2.69 bits per heavy atom. The second kappa shape index (κ2) is 7.18. The monoisotopic (exact) mass is 345 g/mol. The number of nitrogens with zero attached hydrogens (tertiary/aromatic N) is 2. The zero-order chi connectivity index (χ0) is 17.9. The van der Waals surface area contributed by atoms with Crippen molar-refractivity contribution in [3.05, 3.63) is 60.9 Å². The van der Waals surface area contributed by atoms with Gasteiger partial charge in [0, 0.05) is 12.1 Å². The summed E-state index contributed by atoms with van der Waals surface area (Å²) in [7, 11) is 4.18. The molecule has 4 aromatic rings. The Kier molecular flexibility index (Phi) is 4.59. The van der Waals surface area contributed by atoms with Crippen LogP contribution in [0.5, 0.6) is 0 Å². The summed E-state index contributed by atoms with van der Waals surface area (Å²) in [5, 5.41) is 5.87. The van der Waals surface area contributed by atoms with Crippen LogP contribution < -0.4 is 5.32 Å². The third kappa shape index (κ3) is 3.41. The van der Waals surface area contributed by atoms with Crippen LogP contribution in [0.15, 0.2) is 65.3 Å². The van der Waals surface area contributed by atoms with E-state index in [4.69, 9.17) is 9.40 Å². The van der Waals surface area contributed by atoms with Crippen LogP contribution in [-0.4, -0.2) is 37.1 Å². The first-order chi connectivity index (χ1) is 12.7. The maximum absolute atomic E-state index is 5.73. The second-order valence-electron chi connectivity index (χ2n) is 6.84. The molecule has 0 saturated carbocycles. The Bertz CT molecular complexity index is 1040. The lowest BCUT2D eigenvalue weighted by atomic mass is 10.0. The van der Waals surface area contributed by atoms with E-state index in [9.17, 15) is 0 Å². The number of furan rings is 1. The summed E-state index contributed by atoms with van der Waals surface area (Å²) in [4.78, 5) is 6.98. The lowest BCUT2D eigenvalue weighted by molar-refractivity contribution is 0.405. The molecule has 2 aromatic carbocycles. The third-order valence-electron chi connectivity index (χ3n) is 4.57. The maximum Gasteiger partial charge on any atom is 0.153 e. The van der Waals surface area contributed by atoms with E-state index in [-0.39, 0.29) is 0 Å². The van der Waals surface area contributed by atoms with Crippen LogP contribution in [0.25, 0.3) is 33.0 Å². The van der Waals surface area contributed by atoms with Gasteiger partial charge in [0.1, 0.15) is 17.6 Å². The molecule has 1 N–H and O–H groups in total. The quantitative estimate of drug-likeness (QED) is 0.499. The standard InChI is InChI=1S/C22H23N3O/c1-25(2)13-5-12-23-21-11-10-20-22(24-21)19(15-26-20)18-9-8-16-6-3-4-7-17(16)14-18/h3-4,6-11,14-15H,5,12-13H2,1-2H3,(H,23,24). The molecule has 4 rings (SSSR count). The molecular formula is C22H23N3O. The number of hydrogen-bond donors (Lipinski definition) is 1. The molecule has 0 spiro atoms. The lowest BCUT2D eigenvalue weighted by Gasteiger charge is -2.10. The van der Waals surface area contributed by atoms with Gasteiger partial charge in [-0.25, -0.2) is 4.98 Å². The molecule has 0 saturated heterocycles. The number of anilines is 1. The van der Waals surface area contributed by atoms with Crippen molar-refractivity contribution in [2.24, 2.45) is 0 Å². The Hall–Kier alpha value is -2.85. The van der Waals surface area contributed by atoms with E-state index in [0.717, 1.165) is 47.6 Å². The van der Waals surface area contributed by atoms with E-state index in [1.165, 1.54) is 10.8 Å². The fraction of sp³-hybridized carbons (Fsp3) is 0.227. The van der Waals surface area contributed by atoms with Gasteiger partial charge in [0.2, 0.25) is 0 Å². The van der Waals surface area contributed by atoms with Crippen LogP contribution in [0.4, 0.5) is 5.82 Å². The van der Waals surface area contributed by atoms with Gasteiger partial charge in [-0.15, -0.1) is 0 Å². The summed E-state index contributed by atoms with van der Waals surface area (Å²) in [5.74, 6) is 0.889. The smallest absolute Gasteiger partial charge is 0.153 e. The fourth-order valence-corrected chi connectivity index (χ4v) is 3.18. The van der Waals surface area contributed by atoms with Crippen LogP contribution in [-0.2, 0) is 0 Å². The molecule has 132 valence electrons. The summed E-state index contributed by atoms with van der Waals surface area (Å²) in [6.07, 6.45) is 2.88. The highest BCUT2D eigenvalue weighted by Gasteiger charge is 2.11. The molecule has 0 radical (unpaired) electrons. The van der Waals surface area contributed by atoms with Crippen molar-refractivity contribution in [3.8, 4) is 11.1 Å². The van der Waals surface area contributed by atoms with Crippen LogP contribution in [0.1, 0.15) is 6.42 Å². The minimum Gasteiger partial charge on any atom is -0.462 e. The fourth-order valence-electron chi connectivity index (χ4n) is 3.18. The first-order valence-electron chi connectivity index (χ1n) is 8.97. The van der Waals surface area contributed by atoms with Gasteiger partial charge >= 0.3 is 0 Å². The van der Waals surface area contributed by atoms with Gasteiger partial charge in [-0.2, -0.15) is 0 Å². The van der Waals surface area contributed by atoms with E-state index < -0.39 is 0 Å². The van der Waals surface area contributed by atoms with Gasteiger partial charge in [-0.05, 0) is 61.6 Å². The minimum absolute atomic E-state index is 0.812. The molecule has 2 heterocycles. The van der Waals surface area contributed by atoms with Crippen LogP contribution in [0, 0.1) is 0 Å². The molecular weight excluding hydrogens is 322 g/mol. The highest BCUT2D eigenvalue weighted by molar-refractivity contribution is 5.95. The average Bonchev–Trinajstić information content (AvgIpc) is 3.08. The molecule has 0 aliphatic carbocycles. The first-order valence-corrected chi connectivity index (χ1v) is 8.97. The zero-order valence-corrected chi connectivity index (χ0v) is 15.2. The van der Waals surface area contributed by atoms with Crippen LogP contribution in [0.2, 0.25) is 0 Å². The Morgan fingerprint density at radius 2 is 1.85 bits per heavy atom. The molecule has 0 bridgehead atoms. The van der Waals surface area contributed by atoms with Crippen molar-refractivity contribution in [3.63, 3.8) is 0 Å². The normalized spacial score (nSPS) is 11.5. The number of rotatable bonds is 6. The number of fused-ring (bicyclic) bond motifs is 2. The van der Waals surface area contributed by atoms with E-state index >= 15 is 0 Å². The summed E-state index contributed by atoms with van der Waals surface area (Å²) in [6.45, 7) is 1.96. The predicted molar refractivity (Wildman–Crippen MR) is 109 cm³/mol. The van der Waals surface area contributed by atoms with E-state index in [0.29, 0.717) is 0 Å². The number of benzene rings is 2. The molecule has 2 aromatic heterocycles. The van der Waals surface area contributed by atoms with Gasteiger partial charge in [0.05, 0.1) is 0 Å². The molecule has 0 aliphatic heterocycles. The van der Waals surface area contributed by atoms with Crippen molar-refractivity contribution >= 4 is 27.7 Å². The van der Waals surface area contributed by atoms with E-state index in [1.807, 2.05) is 12.1 Å². The lowest BCUT2D eigenvalue weighted by Crippen LogP contribution is -2.16. The van der Waals surface area contributed by atoms with E-state index in [1.54, 1.807) is 6.26 Å². The van der Waals surface area contributed by atoms with Crippen molar-refractivity contribution in [2.45, 2.75) is 6.42 Å². The number of nitrogens with one attached hydrogen (secondary N) is 1. The molecule has 0 aliphatic rings. The van der Waals surface area contributed by atoms with Crippen LogP contribution in [0.3, 0.4) is 0 Å². The molecule has 4 nitrogen and oxygen atoms in total. The number of pyridine rings is 1. The van der Waals surface area contributed by atoms with Gasteiger partial charge in [0.25, 0.3) is 0 Å². The molecule has 0 unspecified atom stereocenters. The maximum atomic E-state index is 5.73. The van der Waals surface area contributed by atoms with Crippen molar-refractivity contribution in [1.29, 1.82) is 0 Å². The second-order valence-corrected chi connectivity index (χ2v) is 6.84. The van der Waals surface area contributed by atoms with Crippen molar-refractivity contribution in [1.82, 2.24) is 9.88 Å². The average molecular weight is 345 g/mol. The summed E-state index contributed by atoms with van der Waals surface area (Å²) in [6, 6.07) is 18.8. The van der Waals surface area contributed by atoms with Crippen molar-refractivity contribution < 1.29 is 4.42 Å². The summed E-state index contributed by atoms with van der Waals surface area (Å²) >= 11 is 0. The van der Waals surface area contributed by atoms with Gasteiger partial charge < -0.3 is 14.6 Å². The largest absolute Gasteiger partial charge is 0.462 e.